The molecule has 0 radical (unpaired) electrons. The van der Waals surface area contributed by atoms with E-state index < -0.39 is 0 Å². The summed E-state index contributed by atoms with van der Waals surface area (Å²) in [5.74, 6) is 0.531. The Morgan fingerprint density at radius 2 is 1.17 bits per heavy atom. The molecule has 0 aromatic heterocycles. The summed E-state index contributed by atoms with van der Waals surface area (Å²) < 4.78 is 0. The number of benzene rings is 4. The van der Waals surface area contributed by atoms with Crippen LogP contribution in [0.5, 0.6) is 0 Å². The van der Waals surface area contributed by atoms with E-state index in [9.17, 15) is 0 Å². The molecule has 0 aliphatic heterocycles. The van der Waals surface area contributed by atoms with Crippen molar-refractivity contribution in [1.82, 2.24) is 0 Å². The maximum absolute atomic E-state index is 2.44. The molecule has 0 heterocycles. The van der Waals surface area contributed by atoms with Crippen molar-refractivity contribution >= 4 is 0 Å². The minimum atomic E-state index is -0.0318. The molecule has 4 aromatic carbocycles. The molecule has 1 aliphatic carbocycles. The average molecular weight is 389 g/mol. The first-order valence-electron chi connectivity index (χ1n) is 10.9. The van der Waals surface area contributed by atoms with Gasteiger partial charge >= 0.3 is 0 Å². The fourth-order valence-electron chi connectivity index (χ4n) is 4.98. The molecule has 30 heavy (non-hydrogen) atoms. The van der Waals surface area contributed by atoms with Gasteiger partial charge in [0, 0.05) is 5.41 Å². The topological polar surface area (TPSA) is 0 Å². The van der Waals surface area contributed by atoms with E-state index >= 15 is 0 Å². The molecule has 0 bridgehead atoms. The van der Waals surface area contributed by atoms with Crippen LogP contribution in [-0.2, 0) is 5.41 Å². The summed E-state index contributed by atoms with van der Waals surface area (Å²) in [6.45, 7) is 9.33. The maximum Gasteiger partial charge on any atom is 0.0165 e. The highest BCUT2D eigenvalue weighted by molar-refractivity contribution is 5.92. The van der Waals surface area contributed by atoms with Crippen LogP contribution in [0, 0.1) is 0 Å². The van der Waals surface area contributed by atoms with Gasteiger partial charge in [-0.05, 0) is 68.1 Å². The van der Waals surface area contributed by atoms with Crippen LogP contribution >= 0.6 is 0 Å². The lowest BCUT2D eigenvalue weighted by atomic mass is 9.77. The Labute approximate surface area is 180 Å². The molecule has 0 heteroatoms. The highest BCUT2D eigenvalue weighted by Crippen LogP contribution is 2.53. The molecule has 0 saturated carbocycles. The predicted molar refractivity (Wildman–Crippen MR) is 129 cm³/mol. The van der Waals surface area contributed by atoms with E-state index in [1.54, 1.807) is 0 Å². The van der Waals surface area contributed by atoms with E-state index in [4.69, 9.17) is 0 Å². The van der Waals surface area contributed by atoms with Crippen LogP contribution in [0.25, 0.3) is 33.4 Å². The normalized spacial score (nSPS) is 13.9. The molecule has 5 rings (SSSR count). The van der Waals surface area contributed by atoms with Crippen LogP contribution in [-0.4, -0.2) is 0 Å². The van der Waals surface area contributed by atoms with Gasteiger partial charge in [0.15, 0.2) is 0 Å². The van der Waals surface area contributed by atoms with E-state index in [0.29, 0.717) is 5.92 Å². The molecular weight excluding hydrogens is 360 g/mol. The van der Waals surface area contributed by atoms with Crippen LogP contribution < -0.4 is 0 Å². The van der Waals surface area contributed by atoms with Crippen molar-refractivity contribution in [2.45, 2.75) is 39.0 Å². The van der Waals surface area contributed by atoms with Crippen molar-refractivity contribution in [2.75, 3.05) is 0 Å². The summed E-state index contributed by atoms with van der Waals surface area (Å²) in [4.78, 5) is 0. The van der Waals surface area contributed by atoms with Gasteiger partial charge in [0.2, 0.25) is 0 Å². The molecule has 0 saturated heterocycles. The van der Waals surface area contributed by atoms with Crippen LogP contribution in [0.4, 0.5) is 0 Å². The zero-order valence-electron chi connectivity index (χ0n) is 18.2. The minimum Gasteiger partial charge on any atom is -0.0622 e. The van der Waals surface area contributed by atoms with Crippen molar-refractivity contribution in [3.8, 4) is 33.4 Å². The van der Waals surface area contributed by atoms with E-state index in [1.807, 2.05) is 0 Å². The van der Waals surface area contributed by atoms with Crippen molar-refractivity contribution < 1.29 is 0 Å². The fourth-order valence-corrected chi connectivity index (χ4v) is 4.98. The van der Waals surface area contributed by atoms with Crippen molar-refractivity contribution in [3.05, 3.63) is 108 Å². The Kier molecular flexibility index (Phi) is 4.40. The van der Waals surface area contributed by atoms with Crippen LogP contribution in [0.15, 0.2) is 91.0 Å². The predicted octanol–water partition coefficient (Wildman–Crippen LogP) is 8.45. The largest absolute Gasteiger partial charge is 0.0622 e. The third kappa shape index (κ3) is 2.91. The standard InChI is InChI=1S/C30H28/c1-20(2)23-15-16-25-27-18-24(21-11-7-5-8-12-21)17-26(22-13-9-6-10-14-22)29(27)30(3,4)28(25)19-23/h5-20H,1-4H3. The lowest BCUT2D eigenvalue weighted by Crippen LogP contribution is -2.16. The molecule has 0 amide bonds. The average Bonchev–Trinajstić information content (AvgIpc) is 3.01. The summed E-state index contributed by atoms with van der Waals surface area (Å²) in [5, 5.41) is 0. The minimum absolute atomic E-state index is 0.0318. The molecular formula is C30H28. The summed E-state index contributed by atoms with van der Waals surface area (Å²) in [6.07, 6.45) is 0. The van der Waals surface area contributed by atoms with Crippen molar-refractivity contribution in [3.63, 3.8) is 0 Å². The first-order valence-corrected chi connectivity index (χ1v) is 10.9. The number of fused-ring (bicyclic) bond motifs is 3. The number of rotatable bonds is 3. The van der Waals surface area contributed by atoms with Gasteiger partial charge in [-0.15, -0.1) is 0 Å². The summed E-state index contributed by atoms with van der Waals surface area (Å²) >= 11 is 0. The first-order chi connectivity index (χ1) is 14.5. The quantitative estimate of drug-likeness (QED) is 0.330. The SMILES string of the molecule is CC(C)c1ccc2c(c1)C(C)(C)c1c(-c3ccccc3)cc(-c3ccccc3)cc1-2. The Morgan fingerprint density at radius 3 is 1.80 bits per heavy atom. The smallest absolute Gasteiger partial charge is 0.0165 e. The molecule has 0 atom stereocenters. The monoisotopic (exact) mass is 388 g/mol. The van der Waals surface area contributed by atoms with Crippen molar-refractivity contribution in [1.29, 1.82) is 0 Å². The van der Waals surface area contributed by atoms with Crippen LogP contribution in [0.3, 0.4) is 0 Å². The lowest BCUT2D eigenvalue weighted by molar-refractivity contribution is 0.659. The molecule has 0 N–H and O–H groups in total. The third-order valence-electron chi connectivity index (χ3n) is 6.63. The zero-order chi connectivity index (χ0) is 20.9. The fraction of sp³-hybridized carbons (Fsp3) is 0.200. The van der Waals surface area contributed by atoms with Crippen LogP contribution in [0.2, 0.25) is 0 Å². The van der Waals surface area contributed by atoms with E-state index in [0.717, 1.165) is 0 Å². The lowest BCUT2D eigenvalue weighted by Gasteiger charge is -2.26. The van der Waals surface area contributed by atoms with Gasteiger partial charge in [0.1, 0.15) is 0 Å². The Balaban J connectivity index is 1.83. The van der Waals surface area contributed by atoms with E-state index in [2.05, 4.69) is 119 Å². The highest BCUT2D eigenvalue weighted by Gasteiger charge is 2.38. The van der Waals surface area contributed by atoms with E-state index in [1.165, 1.54) is 50.1 Å². The van der Waals surface area contributed by atoms with Crippen LogP contribution in [0.1, 0.15) is 50.3 Å². The number of hydrogen-bond donors (Lipinski definition) is 0. The Hall–Kier alpha value is -3.12. The zero-order valence-corrected chi connectivity index (χ0v) is 18.2. The van der Waals surface area contributed by atoms with Gasteiger partial charge in [-0.3, -0.25) is 0 Å². The van der Waals surface area contributed by atoms with Gasteiger partial charge in [-0.1, -0.05) is 107 Å². The first kappa shape index (κ1) is 18.9. The third-order valence-corrected chi connectivity index (χ3v) is 6.63. The van der Waals surface area contributed by atoms with Gasteiger partial charge in [0.05, 0.1) is 0 Å². The van der Waals surface area contributed by atoms with Gasteiger partial charge in [-0.2, -0.15) is 0 Å². The number of hydrogen-bond acceptors (Lipinski definition) is 0. The highest BCUT2D eigenvalue weighted by atomic mass is 14.4. The molecule has 0 spiro atoms. The Bertz CT molecular complexity index is 1210. The maximum atomic E-state index is 2.44. The molecule has 0 fully saturated rings. The van der Waals surface area contributed by atoms with E-state index in [-0.39, 0.29) is 5.41 Å². The summed E-state index contributed by atoms with van der Waals surface area (Å²) in [5.41, 5.74) is 12.2. The van der Waals surface area contributed by atoms with Gasteiger partial charge in [-0.25, -0.2) is 0 Å². The Morgan fingerprint density at radius 1 is 0.567 bits per heavy atom. The van der Waals surface area contributed by atoms with Crippen molar-refractivity contribution in [2.24, 2.45) is 0 Å². The second-order valence-electron chi connectivity index (χ2n) is 9.26. The molecule has 0 nitrogen and oxygen atoms in total. The molecule has 148 valence electrons. The summed E-state index contributed by atoms with van der Waals surface area (Å²) in [7, 11) is 0. The second kappa shape index (κ2) is 6.99. The van der Waals surface area contributed by atoms with Gasteiger partial charge in [0.25, 0.3) is 0 Å². The second-order valence-corrected chi connectivity index (χ2v) is 9.26. The van der Waals surface area contributed by atoms with Gasteiger partial charge < -0.3 is 0 Å². The molecule has 0 unspecified atom stereocenters. The molecule has 4 aromatic rings. The summed E-state index contributed by atoms with van der Waals surface area (Å²) in [6, 6.07) is 33.5. The molecule has 1 aliphatic rings.